The van der Waals surface area contributed by atoms with Crippen molar-refractivity contribution in [2.45, 2.75) is 17.6 Å². The second-order valence-electron chi connectivity index (χ2n) is 20.2. The lowest BCUT2D eigenvalue weighted by atomic mass is 9.43. The number of phenolic OH excluding ortho intramolecular Hbond substituents is 2. The highest BCUT2D eigenvalue weighted by Crippen LogP contribution is 2.75. The molecule has 0 radical (unpaired) electrons. The number of aromatic carboxylic acids is 2. The molecular weight excluding hydrogens is 861 g/mol. The van der Waals surface area contributed by atoms with Crippen LogP contribution in [0.2, 0.25) is 0 Å². The summed E-state index contributed by atoms with van der Waals surface area (Å²) in [7, 11) is 0. The van der Waals surface area contributed by atoms with E-state index >= 15 is 0 Å². The first-order valence-corrected chi connectivity index (χ1v) is 22.5. The summed E-state index contributed by atoms with van der Waals surface area (Å²) in [5, 5.41) is 109. The Kier molecular flexibility index (Phi) is 5.08. The third kappa shape index (κ3) is 3.09. The zero-order valence-corrected chi connectivity index (χ0v) is 34.7. The van der Waals surface area contributed by atoms with Crippen LogP contribution in [0.1, 0.15) is 48.9 Å². The number of carboxylic acids is 3. The Morgan fingerprint density at radius 3 is 2.12 bits per heavy atom. The van der Waals surface area contributed by atoms with E-state index in [1.54, 1.807) is 54.6 Å². The minimum Gasteiger partial charge on any atom is -0.508 e. The molecule has 18 rings (SSSR count). The Morgan fingerprint density at radius 1 is 0.603 bits per heavy atom. The predicted molar refractivity (Wildman–Crippen MR) is 254 cm³/mol. The van der Waals surface area contributed by atoms with E-state index in [1.807, 2.05) is 12.2 Å². The van der Waals surface area contributed by atoms with Crippen LogP contribution < -0.4 is 5.22 Å². The van der Waals surface area contributed by atoms with Gasteiger partial charge in [0.1, 0.15) is 22.9 Å². The molecule has 8 N–H and O–H groups in total. The van der Waals surface area contributed by atoms with Crippen molar-refractivity contribution in [3.05, 3.63) is 145 Å². The molecule has 8 aliphatic rings. The molecule has 11 heteroatoms. The van der Waals surface area contributed by atoms with Crippen molar-refractivity contribution in [2.24, 2.45) is 17.8 Å². The van der Waals surface area contributed by atoms with Crippen LogP contribution in [0.3, 0.4) is 0 Å². The summed E-state index contributed by atoms with van der Waals surface area (Å²) in [6.45, 7) is 0. The molecule has 320 valence electrons. The summed E-state index contributed by atoms with van der Waals surface area (Å²) in [6, 6.07) is 9.85. The van der Waals surface area contributed by atoms with Gasteiger partial charge in [0.2, 0.25) is 0 Å². The molecule has 11 nitrogen and oxygen atoms in total. The fourth-order valence-electron chi connectivity index (χ4n) is 16.2. The zero-order valence-electron chi connectivity index (χ0n) is 34.7. The van der Waals surface area contributed by atoms with Gasteiger partial charge in [0.25, 0.3) is 0 Å². The lowest BCUT2D eigenvalue weighted by molar-refractivity contribution is -0.132. The molecule has 68 heavy (non-hydrogen) atoms. The van der Waals surface area contributed by atoms with Crippen molar-refractivity contribution in [3.63, 3.8) is 0 Å². The monoisotopic (exact) mass is 886 g/mol. The van der Waals surface area contributed by atoms with Gasteiger partial charge in [-0.2, -0.15) is 0 Å². The summed E-state index contributed by atoms with van der Waals surface area (Å²) in [4.78, 5) is 40.3. The summed E-state index contributed by atoms with van der Waals surface area (Å²) in [6.07, 6.45) is 10.7. The maximum atomic E-state index is 14.7. The van der Waals surface area contributed by atoms with Crippen LogP contribution in [0.5, 0.6) is 11.5 Å². The third-order valence-corrected chi connectivity index (χ3v) is 17.9. The first-order chi connectivity index (χ1) is 32.8. The summed E-state index contributed by atoms with van der Waals surface area (Å²) in [5.74, 6) is -6.81. The Morgan fingerprint density at radius 2 is 1.32 bits per heavy atom. The molecule has 0 saturated carbocycles. The van der Waals surface area contributed by atoms with Crippen molar-refractivity contribution < 1.29 is 55.2 Å². The van der Waals surface area contributed by atoms with E-state index in [0.29, 0.717) is 115 Å². The van der Waals surface area contributed by atoms with Crippen LogP contribution >= 0.6 is 0 Å². The van der Waals surface area contributed by atoms with Crippen LogP contribution in [0.15, 0.2) is 106 Å². The number of fused-ring (bicyclic) bond motifs is 3. The highest BCUT2D eigenvalue weighted by atomic mass is 16.4. The molecule has 0 bridgehead atoms. The van der Waals surface area contributed by atoms with Crippen molar-refractivity contribution >= 4 is 132 Å². The Hall–Kier alpha value is -8.51. The Bertz CT molecular complexity index is 4780. The molecule has 10 aromatic rings. The van der Waals surface area contributed by atoms with Crippen LogP contribution in [0.4, 0.5) is 0 Å². The number of allylic oxidation sites excluding steroid dienone is 7. The predicted octanol–water partition coefficient (Wildman–Crippen LogP) is 9.08. The van der Waals surface area contributed by atoms with Crippen LogP contribution in [0, 0.1) is 17.8 Å². The molecule has 0 aromatic heterocycles. The number of rotatable bonds is 3. The molecule has 0 heterocycles. The second kappa shape index (κ2) is 9.94. The van der Waals surface area contributed by atoms with Gasteiger partial charge in [0, 0.05) is 72.7 Å². The molecule has 0 aliphatic heterocycles. The minimum atomic E-state index is -1.88. The summed E-state index contributed by atoms with van der Waals surface area (Å²) in [5.41, 5.74) is 3.64. The number of aliphatic hydroxyl groups excluding tert-OH is 2. The number of aromatic hydroxyl groups is 2. The van der Waals surface area contributed by atoms with Crippen molar-refractivity contribution in [1.82, 2.24) is 0 Å². The number of carboxylic acid groups (broad SMARTS) is 3. The molecule has 6 unspecified atom stereocenters. The van der Waals surface area contributed by atoms with Gasteiger partial charge in [-0.3, -0.25) is 0 Å². The van der Waals surface area contributed by atoms with Gasteiger partial charge in [-0.15, -0.1) is 0 Å². The number of benzene rings is 10. The average molecular weight is 887 g/mol. The van der Waals surface area contributed by atoms with Crippen molar-refractivity contribution in [2.75, 3.05) is 0 Å². The van der Waals surface area contributed by atoms with Gasteiger partial charge in [0.05, 0.1) is 22.8 Å². The van der Waals surface area contributed by atoms with Gasteiger partial charge < -0.3 is 40.9 Å². The quantitative estimate of drug-likeness (QED) is 0.0619. The number of aliphatic hydroxyl groups is 3. The third-order valence-electron chi connectivity index (χ3n) is 17.9. The van der Waals surface area contributed by atoms with Gasteiger partial charge in [0.15, 0.2) is 0 Å². The van der Waals surface area contributed by atoms with E-state index in [-0.39, 0.29) is 34.0 Å². The number of hydrogen-bond acceptors (Lipinski definition) is 8. The maximum absolute atomic E-state index is 14.7. The highest BCUT2D eigenvalue weighted by molar-refractivity contribution is 6.55. The smallest absolute Gasteiger partial charge is 0.336 e. The first-order valence-electron chi connectivity index (χ1n) is 22.5. The van der Waals surface area contributed by atoms with Gasteiger partial charge in [-0.05, 0) is 163 Å². The first kappa shape index (κ1) is 34.8. The lowest BCUT2D eigenvalue weighted by Crippen LogP contribution is -2.57. The number of aliphatic carboxylic acids is 1. The molecular formula is C57H26O11. The molecule has 6 atom stereocenters. The van der Waals surface area contributed by atoms with E-state index in [2.05, 4.69) is 0 Å². The van der Waals surface area contributed by atoms with Gasteiger partial charge in [-0.25, -0.2) is 14.4 Å². The SMILES string of the molecule is O=C(O)C1=C2C=C3C=C4C(O)=CC=C5c6c(C(=O)O)cc7c8cc(O)cc9cc%10c(O)c%11cc(C(=O)O)cc%12c%13c%14c%15c%16c%17c(c6c7c6c%17c%14c(c%11%12)c%10c6c98)C(C45)C3C%16(O)C2C(=C%15C(O)C=%13)C=C1. The van der Waals surface area contributed by atoms with E-state index in [0.717, 1.165) is 43.3 Å². The molecule has 8 aliphatic carbocycles. The number of phenols is 2. The topological polar surface area (TPSA) is 213 Å². The Labute approximate surface area is 378 Å². The summed E-state index contributed by atoms with van der Waals surface area (Å²) >= 11 is 0. The minimum absolute atomic E-state index is 0.00944. The summed E-state index contributed by atoms with van der Waals surface area (Å²) < 4.78 is 0. The number of hydrogen-bond donors (Lipinski definition) is 8. The number of carbonyl (C=O) groups is 3. The van der Waals surface area contributed by atoms with E-state index in [1.165, 1.54) is 12.1 Å². The van der Waals surface area contributed by atoms with E-state index in [9.17, 15) is 55.2 Å². The highest BCUT2D eigenvalue weighted by Gasteiger charge is 2.66. The maximum Gasteiger partial charge on any atom is 0.336 e. The Balaban J connectivity index is 1.27. The second-order valence-corrected chi connectivity index (χ2v) is 20.2. The van der Waals surface area contributed by atoms with Crippen LogP contribution in [0.25, 0.3) is 114 Å². The van der Waals surface area contributed by atoms with Crippen LogP contribution in [-0.4, -0.2) is 64.9 Å². The van der Waals surface area contributed by atoms with Crippen LogP contribution in [-0.2, 0) is 10.4 Å². The van der Waals surface area contributed by atoms with Gasteiger partial charge in [-0.1, -0.05) is 24.3 Å². The average Bonchev–Trinajstić information content (AvgIpc) is 3.31. The molecule has 0 spiro atoms. The lowest BCUT2D eigenvalue weighted by Gasteiger charge is -2.61. The fraction of sp³-hybridized carbons (Fsp3) is 0.105. The van der Waals surface area contributed by atoms with Crippen molar-refractivity contribution in [3.8, 4) is 11.5 Å². The standard InChI is InChI=1S/C57H26O11/c58-17-5-14-6-28-39-40-32(14)22(11-17)23-12-29(56(66)67)34-19-3-4-30(59)26-8-15-7-25-18(55(64)65)1-2-20-36-31(60)13-24-21-9-16(54(62)63)10-27(53(28)61)35(21)42(39)44-38(24)48(36)52-49-45(44)43(40)37(23)41(34)46(49)47(33(19)26)50(15)57(52,68)51(20)25/h1-13,31,33,47,50-51,58-61,68H,(H,62,63)(H,64,65)(H,66,67). The molecule has 0 fully saturated rings. The van der Waals surface area contributed by atoms with Crippen molar-refractivity contribution in [1.29, 1.82) is 0 Å². The molecule has 0 amide bonds. The molecule has 10 aromatic carbocycles. The zero-order chi connectivity index (χ0) is 45.5. The normalized spacial score (nSPS) is 25.6. The largest absolute Gasteiger partial charge is 0.508 e. The molecule has 0 saturated heterocycles. The fourth-order valence-corrected chi connectivity index (χ4v) is 16.2. The van der Waals surface area contributed by atoms with E-state index in [4.69, 9.17) is 0 Å². The van der Waals surface area contributed by atoms with E-state index < -0.39 is 53.3 Å². The van der Waals surface area contributed by atoms with Gasteiger partial charge >= 0.3 is 17.9 Å².